The maximum absolute atomic E-state index is 6.44. The monoisotopic (exact) mass is 241 g/mol. The smallest absolute Gasteiger partial charge is 0.0513 e. The zero-order valence-corrected chi connectivity index (χ0v) is 10.7. The third-order valence-corrected chi connectivity index (χ3v) is 4.01. The quantitative estimate of drug-likeness (QED) is 0.876. The number of nitrogens with two attached hydrogens (primary N) is 1. The van der Waals surface area contributed by atoms with E-state index in [-0.39, 0.29) is 6.04 Å². The summed E-state index contributed by atoms with van der Waals surface area (Å²) in [6.45, 7) is 3.79. The molecule has 1 aliphatic rings. The summed E-state index contributed by atoms with van der Waals surface area (Å²) >= 11 is 0. The molecule has 0 saturated carbocycles. The SMILES string of the molecule is Cc1ccc(C(N)C2CCOC2)c2ccccc12. The van der Waals surface area contributed by atoms with E-state index in [4.69, 9.17) is 10.5 Å². The van der Waals surface area contributed by atoms with Crippen LogP contribution in [0.15, 0.2) is 36.4 Å². The molecule has 1 fully saturated rings. The molecule has 2 heteroatoms. The average Bonchev–Trinajstić information content (AvgIpc) is 2.93. The molecule has 2 aromatic carbocycles. The van der Waals surface area contributed by atoms with Crippen LogP contribution in [0, 0.1) is 12.8 Å². The fraction of sp³-hybridized carbons (Fsp3) is 0.375. The molecule has 2 unspecified atom stereocenters. The van der Waals surface area contributed by atoms with Gasteiger partial charge in [-0.05, 0) is 35.2 Å². The van der Waals surface area contributed by atoms with Gasteiger partial charge in [-0.15, -0.1) is 0 Å². The first-order valence-electron chi connectivity index (χ1n) is 6.59. The molecule has 0 spiro atoms. The standard InChI is InChI=1S/C16H19NO/c1-11-6-7-15(14-5-3-2-4-13(11)14)16(17)12-8-9-18-10-12/h2-7,12,16H,8-10,17H2,1H3. The van der Waals surface area contributed by atoms with Crippen molar-refractivity contribution in [3.05, 3.63) is 47.5 Å². The minimum absolute atomic E-state index is 0.0815. The van der Waals surface area contributed by atoms with Crippen molar-refractivity contribution in [3.63, 3.8) is 0 Å². The lowest BCUT2D eigenvalue weighted by atomic mass is 9.88. The van der Waals surface area contributed by atoms with Gasteiger partial charge in [0.25, 0.3) is 0 Å². The Hall–Kier alpha value is -1.38. The minimum atomic E-state index is 0.0815. The number of hydrogen-bond acceptors (Lipinski definition) is 2. The Bertz CT molecular complexity index is 558. The molecule has 94 valence electrons. The van der Waals surface area contributed by atoms with Crippen LogP contribution in [0.4, 0.5) is 0 Å². The first-order chi connectivity index (χ1) is 8.77. The predicted molar refractivity (Wildman–Crippen MR) is 74.5 cm³/mol. The highest BCUT2D eigenvalue weighted by Crippen LogP contribution is 2.32. The van der Waals surface area contributed by atoms with Gasteiger partial charge in [0.15, 0.2) is 0 Å². The number of ether oxygens (including phenoxy) is 1. The maximum atomic E-state index is 6.44. The van der Waals surface area contributed by atoms with Crippen LogP contribution >= 0.6 is 0 Å². The summed E-state index contributed by atoms with van der Waals surface area (Å²) in [6.07, 6.45) is 1.07. The van der Waals surface area contributed by atoms with Crippen LogP contribution in [0.5, 0.6) is 0 Å². The topological polar surface area (TPSA) is 35.2 Å². The lowest BCUT2D eigenvalue weighted by Gasteiger charge is -2.20. The molecule has 0 amide bonds. The Balaban J connectivity index is 2.08. The van der Waals surface area contributed by atoms with Crippen molar-refractivity contribution in [3.8, 4) is 0 Å². The number of hydrogen-bond donors (Lipinski definition) is 1. The fourth-order valence-electron chi connectivity index (χ4n) is 2.85. The van der Waals surface area contributed by atoms with Crippen molar-refractivity contribution in [2.75, 3.05) is 13.2 Å². The largest absolute Gasteiger partial charge is 0.381 e. The van der Waals surface area contributed by atoms with Crippen LogP contribution < -0.4 is 5.73 Å². The number of fused-ring (bicyclic) bond motifs is 1. The van der Waals surface area contributed by atoms with Gasteiger partial charge in [0.05, 0.1) is 6.61 Å². The van der Waals surface area contributed by atoms with Gasteiger partial charge in [0.1, 0.15) is 0 Å². The summed E-state index contributed by atoms with van der Waals surface area (Å²) in [7, 11) is 0. The van der Waals surface area contributed by atoms with E-state index in [2.05, 4.69) is 43.3 Å². The van der Waals surface area contributed by atoms with Crippen molar-refractivity contribution >= 4 is 10.8 Å². The van der Waals surface area contributed by atoms with Crippen molar-refractivity contribution < 1.29 is 4.74 Å². The summed E-state index contributed by atoms with van der Waals surface area (Å²) in [4.78, 5) is 0. The molecule has 3 rings (SSSR count). The van der Waals surface area contributed by atoms with Gasteiger partial charge in [-0.25, -0.2) is 0 Å². The van der Waals surface area contributed by atoms with Crippen LogP contribution in [-0.4, -0.2) is 13.2 Å². The third-order valence-electron chi connectivity index (χ3n) is 4.01. The third kappa shape index (κ3) is 1.92. The molecule has 2 N–H and O–H groups in total. The fourth-order valence-corrected chi connectivity index (χ4v) is 2.85. The lowest BCUT2D eigenvalue weighted by Crippen LogP contribution is -2.21. The number of aryl methyl sites for hydroxylation is 1. The van der Waals surface area contributed by atoms with Crippen LogP contribution in [0.3, 0.4) is 0 Å². The molecule has 2 atom stereocenters. The Labute approximate surface area is 108 Å². The molecular formula is C16H19NO. The van der Waals surface area contributed by atoms with Gasteiger partial charge < -0.3 is 10.5 Å². The second-order valence-electron chi connectivity index (χ2n) is 5.17. The molecule has 0 aromatic heterocycles. The molecule has 0 radical (unpaired) electrons. The number of rotatable bonds is 2. The molecule has 0 bridgehead atoms. The van der Waals surface area contributed by atoms with Crippen molar-refractivity contribution in [1.82, 2.24) is 0 Å². The molecule has 2 aromatic rings. The normalized spacial score (nSPS) is 21.3. The van der Waals surface area contributed by atoms with Crippen LogP contribution in [0.2, 0.25) is 0 Å². The zero-order valence-electron chi connectivity index (χ0n) is 10.7. The molecule has 1 heterocycles. The highest BCUT2D eigenvalue weighted by molar-refractivity contribution is 5.88. The minimum Gasteiger partial charge on any atom is -0.381 e. The first-order valence-corrected chi connectivity index (χ1v) is 6.59. The van der Waals surface area contributed by atoms with Gasteiger partial charge >= 0.3 is 0 Å². The second-order valence-corrected chi connectivity index (χ2v) is 5.17. The summed E-state index contributed by atoms with van der Waals surface area (Å²) in [5, 5.41) is 2.60. The molecule has 1 saturated heterocycles. The van der Waals surface area contributed by atoms with Gasteiger partial charge in [-0.2, -0.15) is 0 Å². The summed E-state index contributed by atoms with van der Waals surface area (Å²) in [6, 6.07) is 13.0. The average molecular weight is 241 g/mol. The van der Waals surface area contributed by atoms with Crippen molar-refractivity contribution in [2.45, 2.75) is 19.4 Å². The molecular weight excluding hydrogens is 222 g/mol. The van der Waals surface area contributed by atoms with Gasteiger partial charge in [-0.1, -0.05) is 36.4 Å². The number of benzene rings is 2. The van der Waals surface area contributed by atoms with Gasteiger partial charge in [0.2, 0.25) is 0 Å². The van der Waals surface area contributed by atoms with Crippen LogP contribution in [0.1, 0.15) is 23.6 Å². The van der Waals surface area contributed by atoms with E-state index in [0.717, 1.165) is 19.6 Å². The van der Waals surface area contributed by atoms with E-state index in [1.54, 1.807) is 0 Å². The highest BCUT2D eigenvalue weighted by Gasteiger charge is 2.25. The Morgan fingerprint density at radius 2 is 1.94 bits per heavy atom. The highest BCUT2D eigenvalue weighted by atomic mass is 16.5. The van der Waals surface area contributed by atoms with E-state index in [1.165, 1.54) is 21.9 Å². The summed E-state index contributed by atoms with van der Waals surface area (Å²) in [5.41, 5.74) is 9.00. The second kappa shape index (κ2) is 4.71. The zero-order chi connectivity index (χ0) is 12.5. The maximum Gasteiger partial charge on any atom is 0.0513 e. The van der Waals surface area contributed by atoms with Gasteiger partial charge in [0, 0.05) is 18.6 Å². The van der Waals surface area contributed by atoms with E-state index < -0.39 is 0 Å². The summed E-state index contributed by atoms with van der Waals surface area (Å²) < 4.78 is 5.46. The van der Waals surface area contributed by atoms with E-state index in [0.29, 0.717) is 5.92 Å². The van der Waals surface area contributed by atoms with Crippen LogP contribution in [-0.2, 0) is 4.74 Å². The van der Waals surface area contributed by atoms with Crippen molar-refractivity contribution in [2.24, 2.45) is 11.7 Å². The van der Waals surface area contributed by atoms with E-state index in [1.807, 2.05) is 0 Å². The Kier molecular flexibility index (Phi) is 3.06. The molecule has 1 aliphatic heterocycles. The Morgan fingerprint density at radius 1 is 1.17 bits per heavy atom. The molecule has 0 aliphatic carbocycles. The van der Waals surface area contributed by atoms with Gasteiger partial charge in [-0.3, -0.25) is 0 Å². The van der Waals surface area contributed by atoms with Crippen LogP contribution in [0.25, 0.3) is 10.8 Å². The van der Waals surface area contributed by atoms with E-state index in [9.17, 15) is 0 Å². The van der Waals surface area contributed by atoms with Crippen molar-refractivity contribution in [1.29, 1.82) is 0 Å². The van der Waals surface area contributed by atoms with E-state index >= 15 is 0 Å². The Morgan fingerprint density at radius 3 is 2.67 bits per heavy atom. The first kappa shape index (κ1) is 11.7. The molecule has 18 heavy (non-hydrogen) atoms. The molecule has 2 nitrogen and oxygen atoms in total. The predicted octanol–water partition coefficient (Wildman–Crippen LogP) is 3.18. The summed E-state index contributed by atoms with van der Waals surface area (Å²) in [5.74, 6) is 0.455. The lowest BCUT2D eigenvalue weighted by molar-refractivity contribution is 0.181.